The predicted molar refractivity (Wildman–Crippen MR) is 68.6 cm³/mol. The number of aliphatic hydroxyl groups excluding tert-OH is 8. The van der Waals surface area contributed by atoms with Crippen molar-refractivity contribution in [2.24, 2.45) is 0 Å². The molecule has 0 bridgehead atoms. The Morgan fingerprint density at radius 2 is 1.26 bits per heavy atom. The largest absolute Gasteiger partial charge is 0.394 e. The highest BCUT2D eigenvalue weighted by Crippen LogP contribution is 2.28. The molecule has 0 unspecified atom stereocenters. The summed E-state index contributed by atoms with van der Waals surface area (Å²) in [6.45, 7) is -1.35. The van der Waals surface area contributed by atoms with Gasteiger partial charge in [-0.1, -0.05) is 0 Å². The van der Waals surface area contributed by atoms with Crippen molar-refractivity contribution in [1.29, 1.82) is 0 Å². The quantitative estimate of drug-likeness (QED) is 0.243. The van der Waals surface area contributed by atoms with Crippen LogP contribution in [0.3, 0.4) is 0 Å². The van der Waals surface area contributed by atoms with Crippen LogP contribution < -0.4 is 0 Å². The van der Waals surface area contributed by atoms with E-state index in [1.54, 1.807) is 0 Å². The minimum atomic E-state index is -1.74. The van der Waals surface area contributed by atoms with Crippen molar-refractivity contribution in [2.45, 2.75) is 61.4 Å². The summed E-state index contributed by atoms with van der Waals surface area (Å²) in [6, 6.07) is 0. The third kappa shape index (κ3) is 3.65. The minimum absolute atomic E-state index is 0.667. The van der Waals surface area contributed by atoms with Crippen molar-refractivity contribution in [3.05, 3.63) is 0 Å². The Balaban J connectivity index is 2.11. The summed E-state index contributed by atoms with van der Waals surface area (Å²) in [5, 5.41) is 76.5. The van der Waals surface area contributed by atoms with E-state index < -0.39 is 74.6 Å². The van der Waals surface area contributed by atoms with Gasteiger partial charge in [0.1, 0.15) is 48.8 Å². The summed E-state index contributed by atoms with van der Waals surface area (Å²) in [6.07, 6.45) is -15.6. The highest BCUT2D eigenvalue weighted by Gasteiger charge is 2.50. The van der Waals surface area contributed by atoms with Crippen LogP contribution in [-0.4, -0.2) is 115 Å². The van der Waals surface area contributed by atoms with Gasteiger partial charge in [0.05, 0.1) is 13.2 Å². The molecule has 23 heavy (non-hydrogen) atoms. The van der Waals surface area contributed by atoms with Crippen molar-refractivity contribution in [3.63, 3.8) is 0 Å². The molecule has 0 radical (unpaired) electrons. The van der Waals surface area contributed by atoms with Crippen molar-refractivity contribution < 1.29 is 55.1 Å². The molecule has 10 atom stereocenters. The Morgan fingerprint density at radius 3 is 1.83 bits per heavy atom. The first-order valence-electron chi connectivity index (χ1n) is 7.08. The Labute approximate surface area is 130 Å². The summed E-state index contributed by atoms with van der Waals surface area (Å²) >= 11 is 0. The zero-order valence-corrected chi connectivity index (χ0v) is 12.0. The van der Waals surface area contributed by atoms with Gasteiger partial charge in [-0.3, -0.25) is 0 Å². The van der Waals surface area contributed by atoms with Crippen LogP contribution in [0.4, 0.5) is 0 Å². The van der Waals surface area contributed by atoms with Gasteiger partial charge in [0, 0.05) is 0 Å². The summed E-state index contributed by atoms with van der Waals surface area (Å²) in [7, 11) is 0. The van der Waals surface area contributed by atoms with Gasteiger partial charge in [0.15, 0.2) is 12.6 Å². The van der Waals surface area contributed by atoms with Crippen LogP contribution in [0.5, 0.6) is 0 Å². The molecule has 0 aromatic heterocycles. The van der Waals surface area contributed by atoms with Crippen LogP contribution in [0, 0.1) is 0 Å². The molecule has 136 valence electrons. The second-order valence-electron chi connectivity index (χ2n) is 5.53. The number of hydrogen-bond donors (Lipinski definition) is 8. The van der Waals surface area contributed by atoms with Crippen molar-refractivity contribution >= 4 is 0 Å². The van der Waals surface area contributed by atoms with Gasteiger partial charge in [-0.25, -0.2) is 0 Å². The van der Waals surface area contributed by atoms with E-state index in [-0.39, 0.29) is 0 Å². The van der Waals surface area contributed by atoms with Crippen LogP contribution in [-0.2, 0) is 14.2 Å². The SMILES string of the molecule is OC[C@H]1O[C@@H](O[C@@H]2[C@H](O)[C@@H](O)[C@H](O)O[C@@H]2CO)[C@H](O)[C@@H](O)[C@H]1O. The van der Waals surface area contributed by atoms with E-state index in [1.807, 2.05) is 0 Å². The summed E-state index contributed by atoms with van der Waals surface area (Å²) in [5.41, 5.74) is 0. The van der Waals surface area contributed by atoms with Gasteiger partial charge in [-0.2, -0.15) is 0 Å². The maximum atomic E-state index is 9.94. The van der Waals surface area contributed by atoms with Crippen LogP contribution in [0.15, 0.2) is 0 Å². The lowest BCUT2D eigenvalue weighted by Gasteiger charge is -2.45. The number of aliphatic hydroxyl groups is 8. The molecule has 2 rings (SSSR count). The van der Waals surface area contributed by atoms with E-state index in [0.717, 1.165) is 0 Å². The van der Waals surface area contributed by atoms with Gasteiger partial charge in [0.25, 0.3) is 0 Å². The van der Waals surface area contributed by atoms with E-state index in [2.05, 4.69) is 0 Å². The molecule has 0 aromatic carbocycles. The third-order valence-corrected chi connectivity index (χ3v) is 3.98. The molecule has 11 nitrogen and oxygen atoms in total. The molecule has 0 amide bonds. The highest BCUT2D eigenvalue weighted by molar-refractivity contribution is 4.93. The molecule has 2 saturated heterocycles. The molecular formula is C12H22O11. The first-order valence-corrected chi connectivity index (χ1v) is 7.08. The van der Waals surface area contributed by atoms with E-state index in [4.69, 9.17) is 19.3 Å². The average molecular weight is 342 g/mol. The van der Waals surface area contributed by atoms with Crippen LogP contribution >= 0.6 is 0 Å². The fourth-order valence-corrected chi connectivity index (χ4v) is 2.57. The Bertz CT molecular complexity index is 378. The molecule has 2 heterocycles. The van der Waals surface area contributed by atoms with E-state index in [0.29, 0.717) is 0 Å². The van der Waals surface area contributed by atoms with Gasteiger partial charge >= 0.3 is 0 Å². The lowest BCUT2D eigenvalue weighted by molar-refractivity contribution is -0.355. The van der Waals surface area contributed by atoms with E-state index >= 15 is 0 Å². The maximum Gasteiger partial charge on any atom is 0.187 e. The van der Waals surface area contributed by atoms with Gasteiger partial charge in [-0.15, -0.1) is 0 Å². The third-order valence-electron chi connectivity index (χ3n) is 3.98. The van der Waals surface area contributed by atoms with Crippen molar-refractivity contribution in [2.75, 3.05) is 13.2 Å². The standard InChI is InChI=1S/C12H22O11/c13-1-3-5(15)6(16)9(19)12(22-3)23-10-4(2-14)21-11(20)8(18)7(10)17/h3-20H,1-2H2/t3-,4-,5+,6+,7-,8-,9-,10+,11-,12+/m1/s1. The molecule has 2 fully saturated rings. The first kappa shape index (κ1) is 18.9. The summed E-state index contributed by atoms with van der Waals surface area (Å²) in [4.78, 5) is 0. The molecule has 0 aromatic rings. The Morgan fingerprint density at radius 1 is 0.652 bits per heavy atom. The van der Waals surface area contributed by atoms with Crippen molar-refractivity contribution in [1.82, 2.24) is 0 Å². The molecule has 11 heteroatoms. The fourth-order valence-electron chi connectivity index (χ4n) is 2.57. The average Bonchev–Trinajstić information content (AvgIpc) is 2.55. The summed E-state index contributed by atoms with van der Waals surface area (Å²) in [5.74, 6) is 0. The number of ether oxygens (including phenoxy) is 3. The number of hydrogen-bond acceptors (Lipinski definition) is 11. The normalized spacial score (nSPS) is 51.7. The maximum absolute atomic E-state index is 9.94. The lowest BCUT2D eigenvalue weighted by Crippen LogP contribution is -2.64. The van der Waals surface area contributed by atoms with E-state index in [9.17, 15) is 35.7 Å². The Kier molecular flexibility index (Phi) is 6.27. The highest BCUT2D eigenvalue weighted by atomic mass is 16.7. The predicted octanol–water partition coefficient (Wildman–Crippen LogP) is -5.40. The lowest BCUT2D eigenvalue weighted by atomic mass is 9.97. The molecule has 2 aliphatic rings. The molecule has 2 aliphatic heterocycles. The molecule has 0 spiro atoms. The van der Waals surface area contributed by atoms with Crippen LogP contribution in [0.1, 0.15) is 0 Å². The topological polar surface area (TPSA) is 190 Å². The molecular weight excluding hydrogens is 320 g/mol. The van der Waals surface area contributed by atoms with Gasteiger partial charge in [-0.05, 0) is 0 Å². The summed E-state index contributed by atoms with van der Waals surface area (Å²) < 4.78 is 15.3. The minimum Gasteiger partial charge on any atom is -0.394 e. The fraction of sp³-hybridized carbons (Fsp3) is 1.00. The Hall–Kier alpha value is -0.440. The van der Waals surface area contributed by atoms with E-state index in [1.165, 1.54) is 0 Å². The molecule has 0 aliphatic carbocycles. The zero-order chi connectivity index (χ0) is 17.3. The second-order valence-corrected chi connectivity index (χ2v) is 5.53. The molecule has 8 N–H and O–H groups in total. The smallest absolute Gasteiger partial charge is 0.187 e. The molecule has 0 saturated carbocycles. The van der Waals surface area contributed by atoms with Crippen LogP contribution in [0.25, 0.3) is 0 Å². The van der Waals surface area contributed by atoms with Crippen molar-refractivity contribution in [3.8, 4) is 0 Å². The first-order chi connectivity index (χ1) is 10.8. The van der Waals surface area contributed by atoms with Gasteiger partial charge in [0.2, 0.25) is 0 Å². The number of rotatable bonds is 4. The zero-order valence-electron chi connectivity index (χ0n) is 12.0. The van der Waals surface area contributed by atoms with Crippen LogP contribution in [0.2, 0.25) is 0 Å². The monoisotopic (exact) mass is 342 g/mol. The van der Waals surface area contributed by atoms with Gasteiger partial charge < -0.3 is 55.1 Å². The second kappa shape index (κ2) is 7.63.